The van der Waals surface area contributed by atoms with Crippen molar-refractivity contribution in [1.29, 1.82) is 0 Å². The first kappa shape index (κ1) is 15.3. The van der Waals surface area contributed by atoms with E-state index in [4.69, 9.17) is 0 Å². The molecule has 0 aliphatic rings. The highest BCUT2D eigenvalue weighted by molar-refractivity contribution is 8.00. The zero-order chi connectivity index (χ0) is 15.1. The standard InChI is InChI=1S/C17H18N2OS/c1-13-8-10-15(11-9-13)14(2)18-19-17(20)12-21-16-6-4-3-5-7-16/h3-11H,12H2,1-2H3,(H,19,20)/b18-14-. The third-order valence-corrected chi connectivity index (χ3v) is 3.94. The van der Waals surface area contributed by atoms with Gasteiger partial charge in [0.05, 0.1) is 11.5 Å². The van der Waals surface area contributed by atoms with Crippen LogP contribution in [0.4, 0.5) is 0 Å². The maximum Gasteiger partial charge on any atom is 0.250 e. The zero-order valence-electron chi connectivity index (χ0n) is 12.2. The molecule has 2 aromatic carbocycles. The second-order valence-electron chi connectivity index (χ2n) is 4.70. The minimum atomic E-state index is -0.102. The van der Waals surface area contributed by atoms with Crippen molar-refractivity contribution in [3.8, 4) is 0 Å². The number of hydrogen-bond donors (Lipinski definition) is 1. The summed E-state index contributed by atoms with van der Waals surface area (Å²) in [7, 11) is 0. The number of hydrogen-bond acceptors (Lipinski definition) is 3. The van der Waals surface area contributed by atoms with Crippen LogP contribution in [0.5, 0.6) is 0 Å². The first-order valence-electron chi connectivity index (χ1n) is 6.73. The molecule has 0 aliphatic carbocycles. The van der Waals surface area contributed by atoms with Crippen molar-refractivity contribution in [2.24, 2.45) is 5.10 Å². The topological polar surface area (TPSA) is 41.5 Å². The van der Waals surface area contributed by atoms with Gasteiger partial charge in [-0.25, -0.2) is 5.43 Å². The molecule has 0 unspecified atom stereocenters. The summed E-state index contributed by atoms with van der Waals surface area (Å²) in [5.41, 5.74) is 5.61. The number of benzene rings is 2. The van der Waals surface area contributed by atoms with Crippen LogP contribution in [0.25, 0.3) is 0 Å². The normalized spacial score (nSPS) is 11.2. The highest BCUT2D eigenvalue weighted by atomic mass is 32.2. The summed E-state index contributed by atoms with van der Waals surface area (Å²) in [6.07, 6.45) is 0. The lowest BCUT2D eigenvalue weighted by molar-refractivity contribution is -0.118. The molecule has 21 heavy (non-hydrogen) atoms. The largest absolute Gasteiger partial charge is 0.272 e. The van der Waals surface area contributed by atoms with Gasteiger partial charge in [-0.1, -0.05) is 48.0 Å². The second kappa shape index (κ2) is 7.64. The summed E-state index contributed by atoms with van der Waals surface area (Å²) < 4.78 is 0. The molecule has 3 nitrogen and oxygen atoms in total. The van der Waals surface area contributed by atoms with Crippen LogP contribution < -0.4 is 5.43 Å². The van der Waals surface area contributed by atoms with Crippen LogP contribution in [-0.4, -0.2) is 17.4 Å². The molecule has 1 N–H and O–H groups in total. The molecule has 2 aromatic rings. The molecular weight excluding hydrogens is 280 g/mol. The van der Waals surface area contributed by atoms with Gasteiger partial charge in [-0.3, -0.25) is 4.79 Å². The number of hydrazone groups is 1. The van der Waals surface area contributed by atoms with Crippen molar-refractivity contribution in [2.45, 2.75) is 18.7 Å². The molecule has 0 saturated carbocycles. The third-order valence-electron chi connectivity index (χ3n) is 2.93. The van der Waals surface area contributed by atoms with E-state index >= 15 is 0 Å². The SMILES string of the molecule is C/C(=N/NC(=O)CSc1ccccc1)c1ccc(C)cc1. The van der Waals surface area contributed by atoms with Crippen LogP contribution in [0.2, 0.25) is 0 Å². The van der Waals surface area contributed by atoms with E-state index in [0.717, 1.165) is 16.2 Å². The molecule has 0 fully saturated rings. The summed E-state index contributed by atoms with van der Waals surface area (Å²) in [5.74, 6) is 0.254. The Morgan fingerprint density at radius 2 is 1.76 bits per heavy atom. The molecule has 4 heteroatoms. The molecule has 0 bridgehead atoms. The maximum atomic E-state index is 11.8. The number of carbonyl (C=O) groups is 1. The molecule has 0 radical (unpaired) electrons. The highest BCUT2D eigenvalue weighted by Crippen LogP contribution is 2.16. The Morgan fingerprint density at radius 1 is 1.10 bits per heavy atom. The monoisotopic (exact) mass is 298 g/mol. The number of nitrogens with zero attached hydrogens (tertiary/aromatic N) is 1. The van der Waals surface area contributed by atoms with Gasteiger partial charge in [0.1, 0.15) is 0 Å². The molecule has 1 amide bonds. The number of aryl methyl sites for hydroxylation is 1. The zero-order valence-corrected chi connectivity index (χ0v) is 13.0. The van der Waals surface area contributed by atoms with Crippen molar-refractivity contribution in [1.82, 2.24) is 5.43 Å². The number of rotatable bonds is 5. The van der Waals surface area contributed by atoms with Crippen LogP contribution in [-0.2, 0) is 4.79 Å². The van der Waals surface area contributed by atoms with Gasteiger partial charge in [0.15, 0.2) is 0 Å². The van der Waals surface area contributed by atoms with E-state index in [9.17, 15) is 4.79 Å². The predicted octanol–water partition coefficient (Wildman–Crippen LogP) is 3.63. The van der Waals surface area contributed by atoms with Gasteiger partial charge in [-0.15, -0.1) is 11.8 Å². The van der Waals surface area contributed by atoms with Crippen molar-refractivity contribution in [3.05, 3.63) is 65.7 Å². The molecule has 0 aromatic heterocycles. The Balaban J connectivity index is 1.85. The minimum Gasteiger partial charge on any atom is -0.272 e. The number of thioether (sulfide) groups is 1. The van der Waals surface area contributed by atoms with E-state index in [1.165, 1.54) is 17.3 Å². The lowest BCUT2D eigenvalue weighted by Crippen LogP contribution is -2.21. The highest BCUT2D eigenvalue weighted by Gasteiger charge is 2.02. The quantitative estimate of drug-likeness (QED) is 0.520. The number of nitrogens with one attached hydrogen (secondary N) is 1. The number of amides is 1. The Labute approximate surface area is 129 Å². The fourth-order valence-corrected chi connectivity index (χ4v) is 2.42. The molecule has 0 saturated heterocycles. The molecule has 0 heterocycles. The van der Waals surface area contributed by atoms with Crippen LogP contribution in [0.15, 0.2) is 64.6 Å². The van der Waals surface area contributed by atoms with Gasteiger partial charge in [0.2, 0.25) is 5.91 Å². The van der Waals surface area contributed by atoms with Crippen molar-refractivity contribution in [3.63, 3.8) is 0 Å². The second-order valence-corrected chi connectivity index (χ2v) is 5.75. The van der Waals surface area contributed by atoms with Crippen molar-refractivity contribution < 1.29 is 4.79 Å². The van der Waals surface area contributed by atoms with Crippen LogP contribution in [0.3, 0.4) is 0 Å². The molecule has 108 valence electrons. The molecule has 0 spiro atoms. The van der Waals surface area contributed by atoms with Gasteiger partial charge in [-0.2, -0.15) is 5.10 Å². The van der Waals surface area contributed by atoms with E-state index in [1.807, 2.05) is 68.4 Å². The Morgan fingerprint density at radius 3 is 2.43 bits per heavy atom. The van der Waals surface area contributed by atoms with Gasteiger partial charge >= 0.3 is 0 Å². The first-order chi connectivity index (χ1) is 10.1. The lowest BCUT2D eigenvalue weighted by Gasteiger charge is -2.03. The smallest absolute Gasteiger partial charge is 0.250 e. The number of carbonyl (C=O) groups excluding carboxylic acids is 1. The van der Waals surface area contributed by atoms with Crippen molar-refractivity contribution >= 4 is 23.4 Å². The fourth-order valence-electron chi connectivity index (χ4n) is 1.70. The summed E-state index contributed by atoms with van der Waals surface area (Å²) in [6, 6.07) is 17.9. The van der Waals surface area contributed by atoms with Crippen LogP contribution >= 0.6 is 11.8 Å². The Hall–Kier alpha value is -2.07. The van der Waals surface area contributed by atoms with E-state index in [0.29, 0.717) is 5.75 Å². The first-order valence-corrected chi connectivity index (χ1v) is 7.72. The summed E-state index contributed by atoms with van der Waals surface area (Å²) in [4.78, 5) is 12.8. The molecular formula is C17H18N2OS. The Kier molecular flexibility index (Phi) is 5.58. The summed E-state index contributed by atoms with van der Waals surface area (Å²) >= 11 is 1.50. The van der Waals surface area contributed by atoms with Gasteiger partial charge in [0, 0.05) is 4.90 Å². The fraction of sp³-hybridized carbons (Fsp3) is 0.176. The predicted molar refractivity (Wildman–Crippen MR) is 88.7 cm³/mol. The van der Waals surface area contributed by atoms with Gasteiger partial charge < -0.3 is 0 Å². The lowest BCUT2D eigenvalue weighted by atomic mass is 10.1. The van der Waals surface area contributed by atoms with E-state index in [-0.39, 0.29) is 5.91 Å². The molecule has 0 aliphatic heterocycles. The van der Waals surface area contributed by atoms with Crippen LogP contribution in [0, 0.1) is 6.92 Å². The average molecular weight is 298 g/mol. The van der Waals surface area contributed by atoms with Gasteiger partial charge in [-0.05, 0) is 31.5 Å². The summed E-state index contributed by atoms with van der Waals surface area (Å²) in [5, 5.41) is 4.14. The third kappa shape index (κ3) is 5.08. The van der Waals surface area contributed by atoms with E-state index < -0.39 is 0 Å². The van der Waals surface area contributed by atoms with E-state index in [1.54, 1.807) is 0 Å². The Bertz CT molecular complexity index is 621. The minimum absolute atomic E-state index is 0.102. The van der Waals surface area contributed by atoms with E-state index in [2.05, 4.69) is 10.5 Å². The summed E-state index contributed by atoms with van der Waals surface area (Å²) in [6.45, 7) is 3.92. The molecule has 2 rings (SSSR count). The molecule has 0 atom stereocenters. The maximum absolute atomic E-state index is 11.8. The van der Waals surface area contributed by atoms with Gasteiger partial charge in [0.25, 0.3) is 0 Å². The van der Waals surface area contributed by atoms with Crippen molar-refractivity contribution in [2.75, 3.05) is 5.75 Å². The average Bonchev–Trinajstić information content (AvgIpc) is 2.52. The van der Waals surface area contributed by atoms with Crippen LogP contribution in [0.1, 0.15) is 18.1 Å².